The fourth-order valence-corrected chi connectivity index (χ4v) is 3.36. The number of amides is 1. The smallest absolute Gasteiger partial charge is 0.266 e. The predicted octanol–water partition coefficient (Wildman–Crippen LogP) is 1.06. The zero-order valence-electron chi connectivity index (χ0n) is 16.2. The molecule has 0 bridgehead atoms. The summed E-state index contributed by atoms with van der Waals surface area (Å²) in [4.78, 5) is 32.9. The molecule has 1 amide bonds. The second kappa shape index (κ2) is 8.36. The molecule has 1 fully saturated rings. The van der Waals surface area contributed by atoms with Crippen molar-refractivity contribution in [1.29, 1.82) is 0 Å². The van der Waals surface area contributed by atoms with E-state index >= 15 is 0 Å². The average Bonchev–Trinajstić information content (AvgIpc) is 3.19. The van der Waals surface area contributed by atoms with E-state index in [0.717, 1.165) is 24.3 Å². The van der Waals surface area contributed by atoms with Crippen LogP contribution < -0.4 is 5.56 Å². The largest absolute Gasteiger partial charge is 0.361 e. The van der Waals surface area contributed by atoms with Crippen molar-refractivity contribution < 1.29 is 9.32 Å². The van der Waals surface area contributed by atoms with Crippen LogP contribution in [0, 0.1) is 6.92 Å². The number of aromatic nitrogens is 4. The number of pyridine rings is 1. The highest BCUT2D eigenvalue weighted by Gasteiger charge is 2.24. The second-order valence-corrected chi connectivity index (χ2v) is 6.95. The molecule has 0 atom stereocenters. The van der Waals surface area contributed by atoms with Gasteiger partial charge in [-0.15, -0.1) is 0 Å². The molecule has 0 N–H and O–H groups in total. The van der Waals surface area contributed by atoms with E-state index in [-0.39, 0.29) is 11.5 Å². The topological polar surface area (TPSA) is 97.4 Å². The van der Waals surface area contributed by atoms with Crippen LogP contribution in [0.25, 0.3) is 11.3 Å². The number of carbonyl (C=O) groups is 1. The Kier molecular flexibility index (Phi) is 5.48. The van der Waals surface area contributed by atoms with Gasteiger partial charge in [0.2, 0.25) is 0 Å². The minimum Gasteiger partial charge on any atom is -0.361 e. The van der Waals surface area contributed by atoms with Crippen molar-refractivity contribution in [2.45, 2.75) is 13.5 Å². The van der Waals surface area contributed by atoms with E-state index in [0.29, 0.717) is 37.5 Å². The van der Waals surface area contributed by atoms with E-state index in [2.05, 4.69) is 20.1 Å². The van der Waals surface area contributed by atoms with Gasteiger partial charge in [0.1, 0.15) is 11.3 Å². The molecular formula is C20H22N6O3. The molecule has 29 heavy (non-hydrogen) atoms. The molecule has 4 rings (SSSR count). The number of hydrogen-bond acceptors (Lipinski definition) is 7. The predicted molar refractivity (Wildman–Crippen MR) is 105 cm³/mol. The summed E-state index contributed by atoms with van der Waals surface area (Å²) in [5.74, 6) is 0.488. The van der Waals surface area contributed by atoms with Gasteiger partial charge in [0, 0.05) is 56.7 Å². The number of hydrogen-bond donors (Lipinski definition) is 0. The van der Waals surface area contributed by atoms with E-state index < -0.39 is 0 Å². The second-order valence-electron chi connectivity index (χ2n) is 6.95. The summed E-state index contributed by atoms with van der Waals surface area (Å²) >= 11 is 0. The molecule has 9 nitrogen and oxygen atoms in total. The molecule has 1 aliphatic heterocycles. The standard InChI is InChI=1S/C20H22N6O3/c1-15-17(14-22-29-15)20(28)25-10-7-24(8-11-25)9-12-26-19(27)5-4-18(23-26)16-3-2-6-21-13-16/h2-6,13-14H,7-12H2,1H3. The first-order valence-corrected chi connectivity index (χ1v) is 9.53. The van der Waals surface area contributed by atoms with Crippen LogP contribution >= 0.6 is 0 Å². The summed E-state index contributed by atoms with van der Waals surface area (Å²) in [5, 5.41) is 8.15. The zero-order chi connectivity index (χ0) is 20.2. The Morgan fingerprint density at radius 1 is 1.10 bits per heavy atom. The molecule has 0 radical (unpaired) electrons. The van der Waals surface area contributed by atoms with E-state index in [4.69, 9.17) is 4.52 Å². The molecule has 0 aliphatic carbocycles. The molecule has 1 aliphatic rings. The van der Waals surface area contributed by atoms with Gasteiger partial charge in [-0.3, -0.25) is 19.5 Å². The molecule has 150 valence electrons. The lowest BCUT2D eigenvalue weighted by Crippen LogP contribution is -2.49. The summed E-state index contributed by atoms with van der Waals surface area (Å²) < 4.78 is 6.47. The van der Waals surface area contributed by atoms with Crippen molar-refractivity contribution in [1.82, 2.24) is 29.7 Å². The SMILES string of the molecule is Cc1oncc1C(=O)N1CCN(CCn2nc(-c3cccnc3)ccc2=O)CC1. The maximum absolute atomic E-state index is 12.5. The van der Waals surface area contributed by atoms with Gasteiger partial charge >= 0.3 is 0 Å². The quantitative estimate of drug-likeness (QED) is 0.638. The number of nitrogens with zero attached hydrogens (tertiary/aromatic N) is 6. The summed E-state index contributed by atoms with van der Waals surface area (Å²) in [5.41, 5.74) is 1.98. The molecule has 1 saturated heterocycles. The van der Waals surface area contributed by atoms with Gasteiger partial charge in [-0.25, -0.2) is 4.68 Å². The zero-order valence-corrected chi connectivity index (χ0v) is 16.2. The van der Waals surface area contributed by atoms with Crippen molar-refractivity contribution in [2.24, 2.45) is 0 Å². The number of piperazine rings is 1. The first-order valence-electron chi connectivity index (χ1n) is 9.53. The van der Waals surface area contributed by atoms with Crippen LogP contribution in [0.5, 0.6) is 0 Å². The van der Waals surface area contributed by atoms with Crippen LogP contribution in [-0.2, 0) is 6.54 Å². The maximum atomic E-state index is 12.5. The van der Waals surface area contributed by atoms with Gasteiger partial charge in [0.15, 0.2) is 0 Å². The molecule has 3 aromatic rings. The summed E-state index contributed by atoms with van der Waals surface area (Å²) in [6.07, 6.45) is 4.90. The van der Waals surface area contributed by atoms with Crippen LogP contribution in [0.2, 0.25) is 0 Å². The summed E-state index contributed by atoms with van der Waals surface area (Å²) in [7, 11) is 0. The number of aryl methyl sites for hydroxylation is 1. The third-order valence-electron chi connectivity index (χ3n) is 5.09. The summed E-state index contributed by atoms with van der Waals surface area (Å²) in [6, 6.07) is 7.01. The van der Waals surface area contributed by atoms with Crippen LogP contribution in [0.15, 0.2) is 52.2 Å². The lowest BCUT2D eigenvalue weighted by atomic mass is 10.2. The first kappa shape index (κ1) is 19.0. The normalized spacial score (nSPS) is 14.9. The fraction of sp³-hybridized carbons (Fsp3) is 0.350. The molecule has 4 heterocycles. The molecule has 0 aromatic carbocycles. The molecule has 9 heteroatoms. The highest BCUT2D eigenvalue weighted by molar-refractivity contribution is 5.94. The maximum Gasteiger partial charge on any atom is 0.266 e. The molecule has 0 saturated carbocycles. The third kappa shape index (κ3) is 4.24. The lowest BCUT2D eigenvalue weighted by molar-refractivity contribution is 0.0630. The first-order chi connectivity index (χ1) is 14.1. The Hall–Kier alpha value is -3.33. The Labute approximate surface area is 167 Å². The van der Waals surface area contributed by atoms with Crippen molar-refractivity contribution >= 4 is 5.91 Å². The molecular weight excluding hydrogens is 372 g/mol. The Morgan fingerprint density at radius 2 is 1.93 bits per heavy atom. The van der Waals surface area contributed by atoms with Crippen molar-refractivity contribution in [3.8, 4) is 11.3 Å². The van der Waals surface area contributed by atoms with Crippen LogP contribution in [0.3, 0.4) is 0 Å². The van der Waals surface area contributed by atoms with Gasteiger partial charge < -0.3 is 9.42 Å². The lowest BCUT2D eigenvalue weighted by Gasteiger charge is -2.34. The Bertz CT molecular complexity index is 1040. The van der Waals surface area contributed by atoms with Crippen molar-refractivity contribution in [3.05, 3.63) is 64.5 Å². The minimum absolute atomic E-state index is 0.0505. The number of carbonyl (C=O) groups excluding carboxylic acids is 1. The van der Waals surface area contributed by atoms with E-state index in [1.165, 1.54) is 16.9 Å². The Morgan fingerprint density at radius 3 is 2.62 bits per heavy atom. The van der Waals surface area contributed by atoms with Crippen LogP contribution in [0.1, 0.15) is 16.1 Å². The van der Waals surface area contributed by atoms with E-state index in [9.17, 15) is 9.59 Å². The fourth-order valence-electron chi connectivity index (χ4n) is 3.36. The van der Waals surface area contributed by atoms with Crippen LogP contribution in [-0.4, -0.2) is 68.4 Å². The number of rotatable bonds is 5. The van der Waals surface area contributed by atoms with E-state index in [1.807, 2.05) is 17.0 Å². The highest BCUT2D eigenvalue weighted by Crippen LogP contribution is 2.14. The van der Waals surface area contributed by atoms with Gasteiger partial charge in [0.05, 0.1) is 18.4 Å². The Balaban J connectivity index is 1.34. The molecule has 0 spiro atoms. The third-order valence-corrected chi connectivity index (χ3v) is 5.09. The van der Waals surface area contributed by atoms with Gasteiger partial charge in [0.25, 0.3) is 11.5 Å². The molecule has 3 aromatic heterocycles. The van der Waals surface area contributed by atoms with E-state index in [1.54, 1.807) is 25.4 Å². The minimum atomic E-state index is -0.130. The van der Waals surface area contributed by atoms with Gasteiger partial charge in [-0.1, -0.05) is 5.16 Å². The average molecular weight is 394 g/mol. The van der Waals surface area contributed by atoms with Crippen LogP contribution in [0.4, 0.5) is 0 Å². The van der Waals surface area contributed by atoms with Crippen molar-refractivity contribution in [3.63, 3.8) is 0 Å². The molecule has 0 unspecified atom stereocenters. The van der Waals surface area contributed by atoms with Gasteiger partial charge in [-0.05, 0) is 25.1 Å². The highest BCUT2D eigenvalue weighted by atomic mass is 16.5. The van der Waals surface area contributed by atoms with Gasteiger partial charge in [-0.2, -0.15) is 5.10 Å². The van der Waals surface area contributed by atoms with Crippen molar-refractivity contribution in [2.75, 3.05) is 32.7 Å². The monoisotopic (exact) mass is 394 g/mol. The summed E-state index contributed by atoms with van der Waals surface area (Å²) in [6.45, 7) is 5.66.